The zero-order chi connectivity index (χ0) is 17.7. The minimum Gasteiger partial charge on any atom is -0.383 e. The number of hydrogen-bond donors (Lipinski definition) is 0. The predicted octanol–water partition coefficient (Wildman–Crippen LogP) is 3.47. The first kappa shape index (κ1) is 18.4. The van der Waals surface area contributed by atoms with E-state index in [4.69, 9.17) is 9.26 Å². The van der Waals surface area contributed by atoms with Crippen LogP contribution in [0.5, 0.6) is 0 Å². The van der Waals surface area contributed by atoms with Crippen LogP contribution in [0.1, 0.15) is 35.8 Å². The number of rotatable bonds is 7. The SMILES string of the molecule is CCc1nc(CN(C)[C@@H](COC)c2cccc(C(F)(F)F)c2)no1. The van der Waals surface area contributed by atoms with Crippen LogP contribution in [0.4, 0.5) is 13.2 Å². The van der Waals surface area contributed by atoms with Gasteiger partial charge in [-0.1, -0.05) is 24.2 Å². The summed E-state index contributed by atoms with van der Waals surface area (Å²) in [7, 11) is 3.30. The molecule has 2 rings (SSSR count). The molecule has 0 bridgehead atoms. The third-order valence-corrected chi connectivity index (χ3v) is 3.66. The highest BCUT2D eigenvalue weighted by atomic mass is 19.4. The molecule has 0 radical (unpaired) electrons. The molecule has 0 unspecified atom stereocenters. The lowest BCUT2D eigenvalue weighted by atomic mass is 10.0. The molecular formula is C16H20F3N3O2. The van der Waals surface area contributed by atoms with Gasteiger partial charge in [0.15, 0.2) is 5.82 Å². The molecule has 0 amide bonds. The second-order valence-corrected chi connectivity index (χ2v) is 5.47. The molecule has 0 saturated heterocycles. The second kappa shape index (κ2) is 7.76. The number of methoxy groups -OCH3 is 1. The Bertz CT molecular complexity index is 658. The summed E-state index contributed by atoms with van der Waals surface area (Å²) < 4.78 is 49.0. The maximum Gasteiger partial charge on any atom is 0.416 e. The van der Waals surface area contributed by atoms with Crippen LogP contribution in [-0.4, -0.2) is 35.8 Å². The Morgan fingerprint density at radius 2 is 2.08 bits per heavy atom. The fraction of sp³-hybridized carbons (Fsp3) is 0.500. The van der Waals surface area contributed by atoms with E-state index in [2.05, 4.69) is 10.1 Å². The second-order valence-electron chi connectivity index (χ2n) is 5.47. The molecule has 24 heavy (non-hydrogen) atoms. The van der Waals surface area contributed by atoms with Crippen molar-refractivity contribution in [1.29, 1.82) is 0 Å². The van der Waals surface area contributed by atoms with Crippen LogP contribution in [0.2, 0.25) is 0 Å². The van der Waals surface area contributed by atoms with Gasteiger partial charge in [-0.3, -0.25) is 4.90 Å². The van der Waals surface area contributed by atoms with Gasteiger partial charge in [-0.05, 0) is 24.7 Å². The average molecular weight is 343 g/mol. The van der Waals surface area contributed by atoms with Crippen LogP contribution in [0.3, 0.4) is 0 Å². The van der Waals surface area contributed by atoms with Gasteiger partial charge in [0.1, 0.15) is 0 Å². The molecule has 0 aliphatic rings. The molecule has 1 heterocycles. The molecule has 0 aliphatic carbocycles. The first-order valence-electron chi connectivity index (χ1n) is 7.53. The van der Waals surface area contributed by atoms with Crippen molar-refractivity contribution < 1.29 is 22.4 Å². The molecular weight excluding hydrogens is 323 g/mol. The van der Waals surface area contributed by atoms with Gasteiger partial charge in [0, 0.05) is 13.5 Å². The van der Waals surface area contributed by atoms with Crippen LogP contribution < -0.4 is 0 Å². The Balaban J connectivity index is 2.21. The van der Waals surface area contributed by atoms with E-state index in [0.29, 0.717) is 30.2 Å². The number of ether oxygens (including phenoxy) is 1. The molecule has 1 aromatic carbocycles. The third-order valence-electron chi connectivity index (χ3n) is 3.66. The van der Waals surface area contributed by atoms with E-state index in [1.807, 2.05) is 11.8 Å². The molecule has 0 aliphatic heterocycles. The van der Waals surface area contributed by atoms with Gasteiger partial charge < -0.3 is 9.26 Å². The molecule has 5 nitrogen and oxygen atoms in total. The first-order valence-corrected chi connectivity index (χ1v) is 7.53. The molecule has 1 atom stereocenters. The van der Waals surface area contributed by atoms with Gasteiger partial charge >= 0.3 is 6.18 Å². The van der Waals surface area contributed by atoms with Crippen molar-refractivity contribution >= 4 is 0 Å². The highest BCUT2D eigenvalue weighted by Gasteiger charge is 2.31. The molecule has 2 aromatic rings. The van der Waals surface area contributed by atoms with Crippen LogP contribution >= 0.6 is 0 Å². The summed E-state index contributed by atoms with van der Waals surface area (Å²) in [4.78, 5) is 6.06. The van der Waals surface area contributed by atoms with Gasteiger partial charge in [0.2, 0.25) is 5.89 Å². The lowest BCUT2D eigenvalue weighted by Gasteiger charge is -2.27. The van der Waals surface area contributed by atoms with Crippen molar-refractivity contribution in [2.45, 2.75) is 32.1 Å². The summed E-state index contributed by atoms with van der Waals surface area (Å²) in [6.45, 7) is 2.49. The Kier molecular flexibility index (Phi) is 5.95. The Morgan fingerprint density at radius 1 is 1.33 bits per heavy atom. The summed E-state index contributed by atoms with van der Waals surface area (Å²) in [5.41, 5.74) is -0.157. The zero-order valence-corrected chi connectivity index (χ0v) is 13.8. The van der Waals surface area contributed by atoms with Gasteiger partial charge in [-0.2, -0.15) is 18.2 Å². The quantitative estimate of drug-likeness (QED) is 0.770. The van der Waals surface area contributed by atoms with E-state index in [0.717, 1.165) is 12.1 Å². The van der Waals surface area contributed by atoms with Gasteiger partial charge in [-0.15, -0.1) is 0 Å². The van der Waals surface area contributed by atoms with E-state index >= 15 is 0 Å². The van der Waals surface area contributed by atoms with E-state index in [9.17, 15) is 13.2 Å². The van der Waals surface area contributed by atoms with Crippen molar-refractivity contribution in [2.24, 2.45) is 0 Å². The molecule has 0 spiro atoms. The minimum atomic E-state index is -4.38. The Labute approximate surface area is 138 Å². The third kappa shape index (κ3) is 4.55. The van der Waals surface area contributed by atoms with Gasteiger partial charge in [0.25, 0.3) is 0 Å². The number of hydrogen-bond acceptors (Lipinski definition) is 5. The predicted molar refractivity (Wildman–Crippen MR) is 81.2 cm³/mol. The summed E-state index contributed by atoms with van der Waals surface area (Å²) in [6, 6.07) is 4.90. The normalized spacial score (nSPS) is 13.5. The zero-order valence-electron chi connectivity index (χ0n) is 13.8. The monoisotopic (exact) mass is 343 g/mol. The van der Waals surface area contributed by atoms with Crippen molar-refractivity contribution in [3.63, 3.8) is 0 Å². The largest absolute Gasteiger partial charge is 0.416 e. The average Bonchev–Trinajstić information content (AvgIpc) is 2.99. The molecule has 132 valence electrons. The highest BCUT2D eigenvalue weighted by Crippen LogP contribution is 2.32. The Morgan fingerprint density at radius 3 is 2.67 bits per heavy atom. The van der Waals surface area contributed by atoms with Crippen LogP contribution in [0.25, 0.3) is 0 Å². The lowest BCUT2D eigenvalue weighted by molar-refractivity contribution is -0.137. The number of nitrogens with zero attached hydrogens (tertiary/aromatic N) is 3. The Hall–Kier alpha value is -1.93. The van der Waals surface area contributed by atoms with Crippen molar-refractivity contribution in [3.05, 3.63) is 47.1 Å². The van der Waals surface area contributed by atoms with Gasteiger partial charge in [0.05, 0.1) is 24.8 Å². The lowest BCUT2D eigenvalue weighted by Crippen LogP contribution is -2.28. The summed E-state index contributed by atoms with van der Waals surface area (Å²) in [5, 5.41) is 3.87. The topological polar surface area (TPSA) is 51.4 Å². The number of alkyl halides is 3. The van der Waals surface area contributed by atoms with Crippen molar-refractivity contribution in [2.75, 3.05) is 20.8 Å². The van der Waals surface area contributed by atoms with E-state index in [1.165, 1.54) is 13.2 Å². The van der Waals surface area contributed by atoms with Crippen LogP contribution in [-0.2, 0) is 23.9 Å². The molecule has 0 fully saturated rings. The van der Waals surface area contributed by atoms with E-state index in [1.54, 1.807) is 13.1 Å². The smallest absolute Gasteiger partial charge is 0.383 e. The standard InChI is InChI=1S/C16H20F3N3O2/c1-4-15-20-14(21-24-15)9-22(2)13(10-23-3)11-6-5-7-12(8-11)16(17,18)19/h5-8,13H,4,9-10H2,1-3H3/t13-/m0/s1. The van der Waals surface area contributed by atoms with E-state index < -0.39 is 11.7 Å². The molecule has 8 heteroatoms. The van der Waals surface area contributed by atoms with Crippen LogP contribution in [0, 0.1) is 0 Å². The van der Waals surface area contributed by atoms with Crippen LogP contribution in [0.15, 0.2) is 28.8 Å². The number of likely N-dealkylation sites (N-methyl/N-ethyl adjacent to an activating group) is 1. The van der Waals surface area contributed by atoms with Crippen molar-refractivity contribution in [1.82, 2.24) is 15.0 Å². The first-order chi connectivity index (χ1) is 11.3. The van der Waals surface area contributed by atoms with Crippen molar-refractivity contribution in [3.8, 4) is 0 Å². The van der Waals surface area contributed by atoms with E-state index in [-0.39, 0.29) is 12.6 Å². The van der Waals surface area contributed by atoms with Gasteiger partial charge in [-0.25, -0.2) is 0 Å². The fourth-order valence-corrected chi connectivity index (χ4v) is 2.39. The summed E-state index contributed by atoms with van der Waals surface area (Å²) in [6.07, 6.45) is -3.75. The highest BCUT2D eigenvalue weighted by molar-refractivity contribution is 5.28. The number of aryl methyl sites for hydroxylation is 1. The summed E-state index contributed by atoms with van der Waals surface area (Å²) in [5.74, 6) is 1.02. The molecule has 1 aromatic heterocycles. The fourth-order valence-electron chi connectivity index (χ4n) is 2.39. The minimum absolute atomic E-state index is 0.246. The summed E-state index contributed by atoms with van der Waals surface area (Å²) >= 11 is 0. The maximum absolute atomic E-state index is 12.9. The number of halogens is 3. The number of benzene rings is 1. The maximum atomic E-state index is 12.9. The molecule has 0 N–H and O–H groups in total. The molecule has 0 saturated carbocycles. The number of aromatic nitrogens is 2.